The van der Waals surface area contributed by atoms with Gasteiger partial charge in [-0.05, 0) is 50.8 Å². The SMILES string of the molecule is CCc1c(Br)c[n+](CC)cc1Br. The molecule has 1 aromatic rings. The minimum Gasteiger partial charge on any atom is -0.203 e. The molecule has 1 aromatic heterocycles. The summed E-state index contributed by atoms with van der Waals surface area (Å²) in [6.45, 7) is 5.28. The number of hydrogen-bond donors (Lipinski definition) is 0. The van der Waals surface area contributed by atoms with E-state index in [0.717, 1.165) is 13.0 Å². The Hall–Kier alpha value is 0.110. The van der Waals surface area contributed by atoms with E-state index < -0.39 is 0 Å². The van der Waals surface area contributed by atoms with E-state index >= 15 is 0 Å². The molecule has 0 saturated heterocycles. The van der Waals surface area contributed by atoms with Gasteiger partial charge in [-0.25, -0.2) is 4.57 Å². The normalized spacial score (nSPS) is 10.3. The Kier molecular flexibility index (Phi) is 3.72. The molecule has 0 aliphatic heterocycles. The lowest BCUT2D eigenvalue weighted by molar-refractivity contribution is -0.694. The van der Waals surface area contributed by atoms with Crippen LogP contribution in [0.4, 0.5) is 0 Å². The van der Waals surface area contributed by atoms with Crippen molar-refractivity contribution in [1.82, 2.24) is 0 Å². The standard InChI is InChI=1S/C9H12Br2N/c1-3-7-8(10)5-12(4-2)6-9(7)11/h5-6H,3-4H2,1-2H3/q+1. The number of hydrogen-bond acceptors (Lipinski definition) is 0. The predicted octanol–water partition coefficient (Wildman–Crippen LogP) is 3.08. The number of aromatic nitrogens is 1. The van der Waals surface area contributed by atoms with Crippen LogP contribution in [0.5, 0.6) is 0 Å². The molecule has 0 aromatic carbocycles. The molecule has 1 nitrogen and oxygen atoms in total. The van der Waals surface area contributed by atoms with Crippen molar-refractivity contribution in [2.45, 2.75) is 26.8 Å². The highest BCUT2D eigenvalue weighted by atomic mass is 79.9. The first-order chi connectivity index (χ1) is 5.69. The first kappa shape index (κ1) is 10.2. The Morgan fingerprint density at radius 3 is 2.00 bits per heavy atom. The summed E-state index contributed by atoms with van der Waals surface area (Å²) in [5.41, 5.74) is 1.33. The first-order valence-corrected chi connectivity index (χ1v) is 5.64. The molecule has 66 valence electrons. The van der Waals surface area contributed by atoms with Crippen molar-refractivity contribution in [3.63, 3.8) is 0 Å². The minimum absolute atomic E-state index is 1.00. The second-order valence-electron chi connectivity index (χ2n) is 2.62. The second-order valence-corrected chi connectivity index (χ2v) is 4.33. The van der Waals surface area contributed by atoms with Crippen molar-refractivity contribution in [2.24, 2.45) is 0 Å². The Morgan fingerprint density at radius 2 is 1.67 bits per heavy atom. The van der Waals surface area contributed by atoms with Gasteiger partial charge in [0.2, 0.25) is 0 Å². The maximum atomic E-state index is 3.55. The van der Waals surface area contributed by atoms with E-state index in [0.29, 0.717) is 0 Å². The second kappa shape index (κ2) is 4.38. The third-order valence-electron chi connectivity index (χ3n) is 1.85. The average Bonchev–Trinajstić information content (AvgIpc) is 2.03. The topological polar surface area (TPSA) is 3.88 Å². The first-order valence-electron chi connectivity index (χ1n) is 4.06. The molecule has 0 aliphatic rings. The van der Waals surface area contributed by atoms with E-state index in [2.05, 4.69) is 62.7 Å². The van der Waals surface area contributed by atoms with Gasteiger partial charge in [-0.1, -0.05) is 6.92 Å². The number of aryl methyl sites for hydroxylation is 1. The molecule has 0 N–H and O–H groups in total. The Balaban J connectivity index is 3.18. The summed E-state index contributed by atoms with van der Waals surface area (Å²) in [7, 11) is 0. The number of pyridine rings is 1. The van der Waals surface area contributed by atoms with E-state index in [4.69, 9.17) is 0 Å². The van der Waals surface area contributed by atoms with Gasteiger partial charge in [-0.15, -0.1) is 0 Å². The predicted molar refractivity (Wildman–Crippen MR) is 57.1 cm³/mol. The summed E-state index contributed by atoms with van der Waals surface area (Å²) in [6, 6.07) is 0. The van der Waals surface area contributed by atoms with Crippen LogP contribution in [0.2, 0.25) is 0 Å². The monoisotopic (exact) mass is 292 g/mol. The van der Waals surface area contributed by atoms with Crippen LogP contribution in [-0.4, -0.2) is 0 Å². The Bertz CT molecular complexity index is 261. The molecule has 3 heteroatoms. The van der Waals surface area contributed by atoms with Crippen LogP contribution in [0.15, 0.2) is 21.3 Å². The number of rotatable bonds is 2. The number of halogens is 2. The summed E-state index contributed by atoms with van der Waals surface area (Å²) in [6.07, 6.45) is 5.28. The van der Waals surface area contributed by atoms with E-state index in [-0.39, 0.29) is 0 Å². The molecular weight excluding hydrogens is 282 g/mol. The average molecular weight is 294 g/mol. The van der Waals surface area contributed by atoms with Gasteiger partial charge >= 0.3 is 0 Å². The molecule has 0 aliphatic carbocycles. The fourth-order valence-electron chi connectivity index (χ4n) is 1.12. The molecule has 0 fully saturated rings. The Labute approximate surface area is 90.1 Å². The molecule has 0 atom stereocenters. The Morgan fingerprint density at radius 1 is 1.17 bits per heavy atom. The molecular formula is C9H12Br2N+. The van der Waals surface area contributed by atoms with Gasteiger partial charge in [-0.3, -0.25) is 0 Å². The van der Waals surface area contributed by atoms with Crippen molar-refractivity contribution in [2.75, 3.05) is 0 Å². The molecule has 12 heavy (non-hydrogen) atoms. The lowest BCUT2D eigenvalue weighted by Crippen LogP contribution is -2.31. The van der Waals surface area contributed by atoms with Crippen LogP contribution in [-0.2, 0) is 13.0 Å². The van der Waals surface area contributed by atoms with Crippen LogP contribution in [0, 0.1) is 0 Å². The smallest absolute Gasteiger partial charge is 0.183 e. The van der Waals surface area contributed by atoms with Crippen LogP contribution < -0.4 is 4.57 Å². The van der Waals surface area contributed by atoms with E-state index in [1.807, 2.05) is 0 Å². The van der Waals surface area contributed by atoms with Gasteiger partial charge in [-0.2, -0.15) is 0 Å². The minimum atomic E-state index is 1.00. The van der Waals surface area contributed by atoms with Gasteiger partial charge in [0.15, 0.2) is 12.4 Å². The molecule has 0 radical (unpaired) electrons. The van der Waals surface area contributed by atoms with Gasteiger partial charge in [0.05, 0.1) is 8.95 Å². The molecule has 0 bridgehead atoms. The van der Waals surface area contributed by atoms with Crippen molar-refractivity contribution in [3.8, 4) is 0 Å². The largest absolute Gasteiger partial charge is 0.203 e. The van der Waals surface area contributed by atoms with Crippen molar-refractivity contribution in [3.05, 3.63) is 26.9 Å². The van der Waals surface area contributed by atoms with Crippen LogP contribution in [0.3, 0.4) is 0 Å². The molecule has 0 spiro atoms. The lowest BCUT2D eigenvalue weighted by atomic mass is 10.2. The fourth-order valence-corrected chi connectivity index (χ4v) is 2.90. The van der Waals surface area contributed by atoms with Crippen molar-refractivity contribution in [1.29, 1.82) is 0 Å². The van der Waals surface area contributed by atoms with E-state index in [1.165, 1.54) is 14.5 Å². The highest BCUT2D eigenvalue weighted by molar-refractivity contribution is 9.11. The lowest BCUT2D eigenvalue weighted by Gasteiger charge is -2.02. The maximum absolute atomic E-state index is 3.55. The van der Waals surface area contributed by atoms with Gasteiger partial charge in [0.1, 0.15) is 6.54 Å². The summed E-state index contributed by atoms with van der Waals surface area (Å²) < 4.78 is 4.51. The summed E-state index contributed by atoms with van der Waals surface area (Å²) >= 11 is 7.10. The van der Waals surface area contributed by atoms with Gasteiger partial charge in [0.25, 0.3) is 0 Å². The zero-order chi connectivity index (χ0) is 9.14. The van der Waals surface area contributed by atoms with Crippen molar-refractivity contribution < 1.29 is 4.57 Å². The van der Waals surface area contributed by atoms with Crippen LogP contribution in [0.1, 0.15) is 19.4 Å². The van der Waals surface area contributed by atoms with Crippen molar-refractivity contribution >= 4 is 31.9 Å². The molecule has 1 rings (SSSR count). The number of nitrogens with zero attached hydrogens (tertiary/aromatic N) is 1. The summed E-state index contributed by atoms with van der Waals surface area (Å²) in [5, 5.41) is 0. The summed E-state index contributed by atoms with van der Waals surface area (Å²) in [4.78, 5) is 0. The third kappa shape index (κ3) is 2.07. The van der Waals surface area contributed by atoms with Gasteiger partial charge in [0, 0.05) is 0 Å². The zero-order valence-corrected chi connectivity index (χ0v) is 10.4. The van der Waals surface area contributed by atoms with E-state index in [9.17, 15) is 0 Å². The third-order valence-corrected chi connectivity index (χ3v) is 3.22. The summed E-state index contributed by atoms with van der Waals surface area (Å²) in [5.74, 6) is 0. The van der Waals surface area contributed by atoms with Gasteiger partial charge < -0.3 is 0 Å². The highest BCUT2D eigenvalue weighted by Crippen LogP contribution is 2.23. The molecule has 0 saturated carbocycles. The quantitative estimate of drug-likeness (QED) is 0.738. The highest BCUT2D eigenvalue weighted by Gasteiger charge is 2.09. The van der Waals surface area contributed by atoms with Crippen LogP contribution in [0.25, 0.3) is 0 Å². The maximum Gasteiger partial charge on any atom is 0.183 e. The van der Waals surface area contributed by atoms with Crippen LogP contribution >= 0.6 is 31.9 Å². The molecule has 1 heterocycles. The van der Waals surface area contributed by atoms with E-state index in [1.54, 1.807) is 0 Å². The fraction of sp³-hybridized carbons (Fsp3) is 0.444. The zero-order valence-electron chi connectivity index (χ0n) is 7.27. The molecule has 0 unspecified atom stereocenters. The molecule has 0 amide bonds.